The molecule has 19 heavy (non-hydrogen) atoms. The van der Waals surface area contributed by atoms with Gasteiger partial charge < -0.3 is 14.5 Å². The summed E-state index contributed by atoms with van der Waals surface area (Å²) in [7, 11) is 0. The third-order valence-corrected chi connectivity index (χ3v) is 3.17. The van der Waals surface area contributed by atoms with E-state index in [9.17, 15) is 0 Å². The number of fused-ring (bicyclic) bond motifs is 3. The molecule has 0 amide bonds. The quantitative estimate of drug-likeness (QED) is 0.761. The van der Waals surface area contributed by atoms with E-state index in [1.807, 2.05) is 38.1 Å². The Balaban J connectivity index is 2.37. The zero-order valence-corrected chi connectivity index (χ0v) is 11.2. The highest BCUT2D eigenvalue weighted by Crippen LogP contribution is 2.38. The Hall–Kier alpha value is -2.16. The molecule has 0 unspecified atom stereocenters. The van der Waals surface area contributed by atoms with Gasteiger partial charge in [0.15, 0.2) is 0 Å². The second kappa shape index (κ2) is 4.84. The molecule has 3 aromatic rings. The molecule has 3 heteroatoms. The fourth-order valence-corrected chi connectivity index (χ4v) is 2.48. The van der Waals surface area contributed by atoms with Crippen molar-refractivity contribution in [2.24, 2.45) is 0 Å². The highest BCUT2D eigenvalue weighted by atomic mass is 16.5. The van der Waals surface area contributed by atoms with Crippen LogP contribution in [0.25, 0.3) is 21.8 Å². The average molecular weight is 255 g/mol. The van der Waals surface area contributed by atoms with E-state index in [4.69, 9.17) is 9.47 Å². The lowest BCUT2D eigenvalue weighted by Gasteiger charge is -2.08. The van der Waals surface area contributed by atoms with Crippen molar-refractivity contribution in [3.63, 3.8) is 0 Å². The third kappa shape index (κ3) is 1.91. The molecule has 0 bridgehead atoms. The molecule has 0 atom stereocenters. The maximum Gasteiger partial charge on any atom is 0.129 e. The summed E-state index contributed by atoms with van der Waals surface area (Å²) in [4.78, 5) is 3.42. The van der Waals surface area contributed by atoms with E-state index in [2.05, 4.69) is 17.1 Å². The van der Waals surface area contributed by atoms with Crippen LogP contribution in [0.5, 0.6) is 11.5 Å². The largest absolute Gasteiger partial charge is 0.493 e. The van der Waals surface area contributed by atoms with Crippen molar-refractivity contribution in [1.82, 2.24) is 4.98 Å². The normalized spacial score (nSPS) is 11.1. The number of H-pyrrole nitrogens is 1. The lowest BCUT2D eigenvalue weighted by molar-refractivity contribution is 0.341. The zero-order valence-electron chi connectivity index (χ0n) is 11.2. The molecule has 2 aromatic carbocycles. The van der Waals surface area contributed by atoms with E-state index in [1.54, 1.807) is 0 Å². The lowest BCUT2D eigenvalue weighted by atomic mass is 10.1. The lowest BCUT2D eigenvalue weighted by Crippen LogP contribution is -1.93. The molecule has 1 aromatic heterocycles. The fraction of sp³-hybridized carbons (Fsp3) is 0.250. The third-order valence-electron chi connectivity index (χ3n) is 3.17. The minimum Gasteiger partial charge on any atom is -0.493 e. The SMILES string of the molecule is CCOc1cccc2[nH]c3cccc(OCC)c3c12. The molecule has 0 aliphatic heterocycles. The standard InChI is InChI=1S/C16H17NO2/c1-3-18-13-9-5-7-11-15(13)16-12(17-11)8-6-10-14(16)19-4-2/h5-10,17H,3-4H2,1-2H3. The van der Waals surface area contributed by atoms with Gasteiger partial charge in [0.2, 0.25) is 0 Å². The first-order valence-corrected chi connectivity index (χ1v) is 6.64. The molecule has 3 rings (SSSR count). The average Bonchev–Trinajstić information content (AvgIpc) is 2.80. The van der Waals surface area contributed by atoms with Gasteiger partial charge in [0, 0.05) is 0 Å². The smallest absolute Gasteiger partial charge is 0.129 e. The van der Waals surface area contributed by atoms with Crippen molar-refractivity contribution < 1.29 is 9.47 Å². The Morgan fingerprint density at radius 3 is 1.68 bits per heavy atom. The van der Waals surface area contributed by atoms with E-state index >= 15 is 0 Å². The first-order chi connectivity index (χ1) is 9.35. The van der Waals surface area contributed by atoms with E-state index in [0.717, 1.165) is 33.3 Å². The molecule has 1 heterocycles. The number of ether oxygens (including phenoxy) is 2. The number of nitrogens with one attached hydrogen (secondary N) is 1. The predicted octanol–water partition coefficient (Wildman–Crippen LogP) is 4.12. The van der Waals surface area contributed by atoms with Crippen LogP contribution >= 0.6 is 0 Å². The minimum absolute atomic E-state index is 0.655. The molecule has 3 nitrogen and oxygen atoms in total. The van der Waals surface area contributed by atoms with Gasteiger partial charge in [-0.1, -0.05) is 12.1 Å². The summed E-state index contributed by atoms with van der Waals surface area (Å²) in [6.07, 6.45) is 0. The number of benzene rings is 2. The van der Waals surface area contributed by atoms with Crippen molar-refractivity contribution in [2.75, 3.05) is 13.2 Å². The van der Waals surface area contributed by atoms with Crippen molar-refractivity contribution in [3.05, 3.63) is 36.4 Å². The summed E-state index contributed by atoms with van der Waals surface area (Å²) in [6.45, 7) is 5.31. The van der Waals surface area contributed by atoms with Crippen LogP contribution in [0.15, 0.2) is 36.4 Å². The molecule has 0 spiro atoms. The Morgan fingerprint density at radius 1 is 0.789 bits per heavy atom. The molecule has 98 valence electrons. The van der Waals surface area contributed by atoms with Gasteiger partial charge in [0.1, 0.15) is 11.5 Å². The molecular formula is C16H17NO2. The summed E-state index contributed by atoms with van der Waals surface area (Å²) in [5.74, 6) is 1.80. The van der Waals surface area contributed by atoms with E-state index in [1.165, 1.54) is 0 Å². The summed E-state index contributed by atoms with van der Waals surface area (Å²) >= 11 is 0. The van der Waals surface area contributed by atoms with Gasteiger partial charge in [-0.2, -0.15) is 0 Å². The first kappa shape index (κ1) is 11.9. The molecule has 0 saturated heterocycles. The highest BCUT2D eigenvalue weighted by Gasteiger charge is 2.13. The second-order valence-electron chi connectivity index (χ2n) is 4.35. The summed E-state index contributed by atoms with van der Waals surface area (Å²) in [5.41, 5.74) is 2.15. The van der Waals surface area contributed by atoms with E-state index in [0.29, 0.717) is 13.2 Å². The summed E-state index contributed by atoms with van der Waals surface area (Å²) in [6, 6.07) is 12.1. The number of rotatable bonds is 4. The van der Waals surface area contributed by atoms with Crippen LogP contribution in [-0.2, 0) is 0 Å². The van der Waals surface area contributed by atoms with Gasteiger partial charge in [-0.05, 0) is 38.1 Å². The van der Waals surface area contributed by atoms with Gasteiger partial charge >= 0.3 is 0 Å². The monoisotopic (exact) mass is 255 g/mol. The number of hydrogen-bond donors (Lipinski definition) is 1. The van der Waals surface area contributed by atoms with Gasteiger partial charge in [-0.3, -0.25) is 0 Å². The maximum absolute atomic E-state index is 5.74. The second-order valence-corrected chi connectivity index (χ2v) is 4.35. The topological polar surface area (TPSA) is 34.2 Å². The molecule has 0 aliphatic carbocycles. The van der Waals surface area contributed by atoms with Crippen molar-refractivity contribution >= 4 is 21.8 Å². The van der Waals surface area contributed by atoms with E-state index < -0.39 is 0 Å². The van der Waals surface area contributed by atoms with Gasteiger partial charge in [0.05, 0.1) is 35.0 Å². The molecule has 0 saturated carbocycles. The number of aromatic amines is 1. The Morgan fingerprint density at radius 2 is 1.26 bits per heavy atom. The van der Waals surface area contributed by atoms with Crippen molar-refractivity contribution in [3.8, 4) is 11.5 Å². The summed E-state index contributed by atoms with van der Waals surface area (Å²) in [5, 5.41) is 2.20. The van der Waals surface area contributed by atoms with Gasteiger partial charge in [-0.25, -0.2) is 0 Å². The van der Waals surface area contributed by atoms with Crippen molar-refractivity contribution in [2.45, 2.75) is 13.8 Å². The van der Waals surface area contributed by atoms with Crippen molar-refractivity contribution in [1.29, 1.82) is 0 Å². The summed E-state index contributed by atoms with van der Waals surface area (Å²) < 4.78 is 11.5. The Bertz CT molecular complexity index is 655. The van der Waals surface area contributed by atoms with E-state index in [-0.39, 0.29) is 0 Å². The van der Waals surface area contributed by atoms with Gasteiger partial charge in [0.25, 0.3) is 0 Å². The minimum atomic E-state index is 0.655. The van der Waals surface area contributed by atoms with Crippen LogP contribution in [0.4, 0.5) is 0 Å². The Kier molecular flexibility index (Phi) is 3.03. The number of aromatic nitrogens is 1. The first-order valence-electron chi connectivity index (χ1n) is 6.64. The van der Waals surface area contributed by atoms with Crippen LogP contribution in [0, 0.1) is 0 Å². The fourth-order valence-electron chi connectivity index (χ4n) is 2.48. The highest BCUT2D eigenvalue weighted by molar-refractivity contribution is 6.13. The predicted molar refractivity (Wildman–Crippen MR) is 78.1 cm³/mol. The maximum atomic E-state index is 5.74. The molecule has 1 N–H and O–H groups in total. The number of hydrogen-bond acceptors (Lipinski definition) is 2. The van der Waals surface area contributed by atoms with Crippen LogP contribution < -0.4 is 9.47 Å². The molecule has 0 aliphatic rings. The molecular weight excluding hydrogens is 238 g/mol. The Labute approximate surface area is 112 Å². The van der Waals surface area contributed by atoms with Gasteiger partial charge in [-0.15, -0.1) is 0 Å². The molecule has 0 fully saturated rings. The van der Waals surface area contributed by atoms with Crippen LogP contribution in [-0.4, -0.2) is 18.2 Å². The van der Waals surface area contributed by atoms with Crippen LogP contribution in [0.2, 0.25) is 0 Å². The van der Waals surface area contributed by atoms with Crippen LogP contribution in [0.3, 0.4) is 0 Å². The zero-order chi connectivity index (χ0) is 13.2. The molecule has 0 radical (unpaired) electrons. The van der Waals surface area contributed by atoms with Crippen LogP contribution in [0.1, 0.15) is 13.8 Å².